The highest BCUT2D eigenvalue weighted by atomic mass is 32.1. The van der Waals surface area contributed by atoms with Gasteiger partial charge in [-0.05, 0) is 47.4 Å². The van der Waals surface area contributed by atoms with Crippen LogP contribution in [0.15, 0.2) is 72.9 Å². The molecule has 3 nitrogen and oxygen atoms in total. The van der Waals surface area contributed by atoms with E-state index in [9.17, 15) is 5.11 Å². The molecule has 3 aromatic carbocycles. The van der Waals surface area contributed by atoms with Gasteiger partial charge in [0.1, 0.15) is 11.6 Å². The molecule has 0 spiro atoms. The molecule has 0 saturated carbocycles. The van der Waals surface area contributed by atoms with E-state index in [-0.39, 0.29) is 11.2 Å². The fourth-order valence-electron chi connectivity index (χ4n) is 4.55. The Morgan fingerprint density at radius 3 is 2.48 bits per heavy atom. The second-order valence-corrected chi connectivity index (χ2v) is 10.2. The van der Waals surface area contributed by atoms with Crippen LogP contribution in [0.5, 0.6) is 5.75 Å². The van der Waals surface area contributed by atoms with Crippen molar-refractivity contribution in [2.24, 2.45) is 0 Å². The zero-order chi connectivity index (χ0) is 21.3. The standard InChI is InChI=1S/C27H22N2OS/c1-27(2,3)16-12-13-28-24(14-16)29-21-15-17(30)8-9-18(21)19-10-11-23-25(26(19)29)20-6-4-5-7-22(20)31-23/h4-15,30H,1-3H3. The molecule has 1 N–H and O–H groups in total. The number of aromatic hydroxyl groups is 1. The molecule has 0 aliphatic heterocycles. The van der Waals surface area contributed by atoms with Gasteiger partial charge in [-0.15, -0.1) is 11.3 Å². The minimum atomic E-state index is 0.0169. The number of rotatable bonds is 1. The fraction of sp³-hybridized carbons (Fsp3) is 0.148. The Morgan fingerprint density at radius 1 is 0.839 bits per heavy atom. The van der Waals surface area contributed by atoms with Gasteiger partial charge in [0.15, 0.2) is 0 Å². The summed E-state index contributed by atoms with van der Waals surface area (Å²) in [5.41, 5.74) is 3.36. The van der Waals surface area contributed by atoms with Gasteiger partial charge in [0.2, 0.25) is 0 Å². The number of hydrogen-bond donors (Lipinski definition) is 1. The molecule has 31 heavy (non-hydrogen) atoms. The summed E-state index contributed by atoms with van der Waals surface area (Å²) in [7, 11) is 0. The van der Waals surface area contributed by atoms with Gasteiger partial charge in [-0.25, -0.2) is 4.98 Å². The van der Waals surface area contributed by atoms with Gasteiger partial charge in [-0.3, -0.25) is 4.57 Å². The van der Waals surface area contributed by atoms with E-state index < -0.39 is 0 Å². The van der Waals surface area contributed by atoms with Gasteiger partial charge < -0.3 is 5.11 Å². The van der Waals surface area contributed by atoms with Crippen LogP contribution in [0.25, 0.3) is 47.8 Å². The number of fused-ring (bicyclic) bond motifs is 7. The predicted molar refractivity (Wildman–Crippen MR) is 132 cm³/mol. The number of thiophene rings is 1. The Bertz CT molecular complexity index is 1630. The fourth-order valence-corrected chi connectivity index (χ4v) is 5.65. The summed E-state index contributed by atoms with van der Waals surface area (Å²) >= 11 is 1.82. The molecule has 0 saturated heterocycles. The van der Waals surface area contributed by atoms with Crippen molar-refractivity contribution in [1.82, 2.24) is 9.55 Å². The molecule has 4 heteroatoms. The lowest BCUT2D eigenvalue weighted by molar-refractivity contribution is 0.476. The number of phenols is 1. The zero-order valence-electron chi connectivity index (χ0n) is 17.7. The van der Waals surface area contributed by atoms with Crippen molar-refractivity contribution in [1.29, 1.82) is 0 Å². The van der Waals surface area contributed by atoms with Gasteiger partial charge >= 0.3 is 0 Å². The summed E-state index contributed by atoms with van der Waals surface area (Å²) in [5.74, 6) is 1.13. The van der Waals surface area contributed by atoms with E-state index in [1.54, 1.807) is 6.07 Å². The van der Waals surface area contributed by atoms with Crippen LogP contribution >= 0.6 is 11.3 Å². The van der Waals surface area contributed by atoms with E-state index in [1.807, 2.05) is 29.7 Å². The summed E-state index contributed by atoms with van der Waals surface area (Å²) in [5, 5.41) is 15.1. The summed E-state index contributed by atoms with van der Waals surface area (Å²) in [6, 6.07) is 22.9. The molecule has 6 rings (SSSR count). The molecule has 0 amide bonds. The van der Waals surface area contributed by atoms with E-state index in [0.717, 1.165) is 22.2 Å². The third-order valence-corrected chi connectivity index (χ3v) is 7.23. The van der Waals surface area contributed by atoms with E-state index in [1.165, 1.54) is 31.1 Å². The number of benzene rings is 3. The van der Waals surface area contributed by atoms with Gasteiger partial charge in [0.05, 0.1) is 11.0 Å². The summed E-state index contributed by atoms with van der Waals surface area (Å²) in [4.78, 5) is 4.78. The minimum Gasteiger partial charge on any atom is -0.508 e. The van der Waals surface area contributed by atoms with Crippen LogP contribution in [0.3, 0.4) is 0 Å². The summed E-state index contributed by atoms with van der Waals surface area (Å²) in [6.07, 6.45) is 1.89. The van der Waals surface area contributed by atoms with E-state index in [4.69, 9.17) is 4.98 Å². The van der Waals surface area contributed by atoms with Crippen molar-refractivity contribution >= 4 is 53.3 Å². The average Bonchev–Trinajstić information content (AvgIpc) is 3.28. The number of aromatic nitrogens is 2. The largest absolute Gasteiger partial charge is 0.508 e. The Labute approximate surface area is 184 Å². The first-order chi connectivity index (χ1) is 14.9. The normalized spacial score (nSPS) is 12.5. The molecule has 152 valence electrons. The van der Waals surface area contributed by atoms with Gasteiger partial charge in [0, 0.05) is 43.2 Å². The van der Waals surface area contributed by atoms with Crippen molar-refractivity contribution in [3.8, 4) is 11.6 Å². The van der Waals surface area contributed by atoms with Crippen LogP contribution < -0.4 is 0 Å². The van der Waals surface area contributed by atoms with Crippen LogP contribution in [0.1, 0.15) is 26.3 Å². The van der Waals surface area contributed by atoms with Crippen LogP contribution in [-0.4, -0.2) is 14.7 Å². The molecule has 3 heterocycles. The molecular weight excluding hydrogens is 400 g/mol. The zero-order valence-corrected chi connectivity index (χ0v) is 18.5. The molecular formula is C27H22N2OS. The van der Waals surface area contributed by atoms with Crippen molar-refractivity contribution in [2.45, 2.75) is 26.2 Å². The first kappa shape index (κ1) is 18.4. The number of nitrogens with zero attached hydrogens (tertiary/aromatic N) is 2. The Morgan fingerprint density at radius 2 is 1.65 bits per heavy atom. The molecule has 3 aromatic heterocycles. The highest BCUT2D eigenvalue weighted by Crippen LogP contribution is 2.43. The third kappa shape index (κ3) is 2.68. The lowest BCUT2D eigenvalue weighted by atomic mass is 9.88. The third-order valence-electron chi connectivity index (χ3n) is 6.09. The minimum absolute atomic E-state index is 0.0169. The highest BCUT2D eigenvalue weighted by molar-refractivity contribution is 7.26. The van der Waals surface area contributed by atoms with Crippen LogP contribution in [0.4, 0.5) is 0 Å². The second kappa shape index (κ2) is 6.32. The maximum atomic E-state index is 10.3. The molecule has 0 bridgehead atoms. The van der Waals surface area contributed by atoms with Crippen molar-refractivity contribution in [3.63, 3.8) is 0 Å². The molecule has 6 aromatic rings. The average molecular weight is 423 g/mol. The van der Waals surface area contributed by atoms with Crippen LogP contribution in [-0.2, 0) is 5.41 Å². The summed E-state index contributed by atoms with van der Waals surface area (Å²) in [6.45, 7) is 6.65. The molecule has 0 radical (unpaired) electrons. The van der Waals surface area contributed by atoms with E-state index in [0.29, 0.717) is 0 Å². The van der Waals surface area contributed by atoms with Crippen molar-refractivity contribution in [3.05, 3.63) is 78.5 Å². The van der Waals surface area contributed by atoms with Crippen LogP contribution in [0.2, 0.25) is 0 Å². The predicted octanol–water partition coefficient (Wildman–Crippen LogP) is 7.55. The molecule has 0 fully saturated rings. The van der Waals surface area contributed by atoms with Crippen molar-refractivity contribution in [2.75, 3.05) is 0 Å². The monoisotopic (exact) mass is 422 g/mol. The Kier molecular flexibility index (Phi) is 3.75. The highest BCUT2D eigenvalue weighted by Gasteiger charge is 2.20. The molecule has 0 unspecified atom stereocenters. The lowest BCUT2D eigenvalue weighted by Gasteiger charge is -2.20. The van der Waals surface area contributed by atoms with Gasteiger partial charge in [-0.1, -0.05) is 45.0 Å². The molecule has 0 aliphatic carbocycles. The Hall–Kier alpha value is -3.37. The van der Waals surface area contributed by atoms with Gasteiger partial charge in [0.25, 0.3) is 0 Å². The number of pyridine rings is 1. The quantitative estimate of drug-likeness (QED) is 0.297. The van der Waals surface area contributed by atoms with E-state index >= 15 is 0 Å². The SMILES string of the molecule is CC(C)(C)c1ccnc(-n2c3cc(O)ccc3c3ccc4sc5ccccc5c4c32)c1. The smallest absolute Gasteiger partial charge is 0.137 e. The number of hydrogen-bond acceptors (Lipinski definition) is 3. The Balaban J connectivity index is 1.86. The van der Waals surface area contributed by atoms with E-state index in [2.05, 4.69) is 73.9 Å². The summed E-state index contributed by atoms with van der Waals surface area (Å²) < 4.78 is 4.76. The molecule has 0 atom stereocenters. The topological polar surface area (TPSA) is 38.0 Å². The maximum absolute atomic E-state index is 10.3. The van der Waals surface area contributed by atoms with Crippen LogP contribution in [0, 0.1) is 0 Å². The van der Waals surface area contributed by atoms with Crippen molar-refractivity contribution < 1.29 is 5.11 Å². The lowest BCUT2D eigenvalue weighted by Crippen LogP contribution is -2.12. The maximum Gasteiger partial charge on any atom is 0.137 e. The molecule has 0 aliphatic rings. The second-order valence-electron chi connectivity index (χ2n) is 9.12. The first-order valence-corrected chi connectivity index (χ1v) is 11.3. The first-order valence-electron chi connectivity index (χ1n) is 10.5. The number of phenolic OH excluding ortho intramolecular Hbond substituents is 1. The van der Waals surface area contributed by atoms with Gasteiger partial charge in [-0.2, -0.15) is 0 Å².